The fourth-order valence-corrected chi connectivity index (χ4v) is 2.10. The molecule has 19 heavy (non-hydrogen) atoms. The number of hydrogen-bond donors (Lipinski definition) is 3. The molecule has 0 aromatic carbocycles. The Morgan fingerprint density at radius 3 is 2.68 bits per heavy atom. The van der Waals surface area contributed by atoms with Crippen LogP contribution in [0.3, 0.4) is 0 Å². The van der Waals surface area contributed by atoms with Gasteiger partial charge < -0.3 is 20.5 Å². The van der Waals surface area contributed by atoms with E-state index < -0.39 is 18.0 Å². The average molecular weight is 272 g/mol. The lowest BCUT2D eigenvalue weighted by Gasteiger charge is -2.17. The van der Waals surface area contributed by atoms with Crippen molar-refractivity contribution < 1.29 is 19.4 Å². The monoisotopic (exact) mass is 272 g/mol. The highest BCUT2D eigenvalue weighted by Gasteiger charge is 2.21. The molecule has 1 heterocycles. The van der Waals surface area contributed by atoms with E-state index in [4.69, 9.17) is 9.84 Å². The number of amides is 2. The second-order valence-corrected chi connectivity index (χ2v) is 5.44. The lowest BCUT2D eigenvalue weighted by molar-refractivity contribution is -0.139. The summed E-state index contributed by atoms with van der Waals surface area (Å²) in [5.41, 5.74) is 0. The third-order valence-corrected chi connectivity index (χ3v) is 3.17. The SMILES string of the molecule is CC(C)C[C@@H](NC(=O)NCCC1CCOC1)C(=O)O. The second kappa shape index (κ2) is 7.99. The molecule has 3 N–H and O–H groups in total. The van der Waals surface area contributed by atoms with E-state index in [1.165, 1.54) is 0 Å². The predicted octanol–water partition coefficient (Wildman–Crippen LogP) is 1.21. The van der Waals surface area contributed by atoms with Crippen LogP contribution in [0.25, 0.3) is 0 Å². The molecule has 6 heteroatoms. The maximum absolute atomic E-state index is 11.6. The summed E-state index contributed by atoms with van der Waals surface area (Å²) in [5, 5.41) is 14.2. The van der Waals surface area contributed by atoms with Crippen LogP contribution in [0.2, 0.25) is 0 Å². The van der Waals surface area contributed by atoms with Crippen LogP contribution in [0.15, 0.2) is 0 Å². The van der Waals surface area contributed by atoms with Gasteiger partial charge in [-0.2, -0.15) is 0 Å². The number of nitrogens with one attached hydrogen (secondary N) is 2. The van der Waals surface area contributed by atoms with Gasteiger partial charge in [-0.3, -0.25) is 0 Å². The molecule has 0 spiro atoms. The Balaban J connectivity index is 2.21. The topological polar surface area (TPSA) is 87.7 Å². The van der Waals surface area contributed by atoms with Gasteiger partial charge in [0.25, 0.3) is 0 Å². The molecule has 110 valence electrons. The molecule has 2 amide bonds. The fourth-order valence-electron chi connectivity index (χ4n) is 2.10. The highest BCUT2D eigenvalue weighted by atomic mass is 16.5. The first-order valence-electron chi connectivity index (χ1n) is 6.84. The predicted molar refractivity (Wildman–Crippen MR) is 71.0 cm³/mol. The summed E-state index contributed by atoms with van der Waals surface area (Å²) in [6, 6.07) is -1.23. The Bertz CT molecular complexity index is 301. The molecule has 6 nitrogen and oxygen atoms in total. The molecule has 1 saturated heterocycles. The third-order valence-electron chi connectivity index (χ3n) is 3.17. The van der Waals surface area contributed by atoms with E-state index in [-0.39, 0.29) is 5.92 Å². The maximum atomic E-state index is 11.6. The van der Waals surface area contributed by atoms with Gasteiger partial charge >= 0.3 is 12.0 Å². The first-order valence-corrected chi connectivity index (χ1v) is 6.84. The molecule has 0 saturated carbocycles. The van der Waals surface area contributed by atoms with Crippen LogP contribution in [0, 0.1) is 11.8 Å². The zero-order valence-corrected chi connectivity index (χ0v) is 11.6. The van der Waals surface area contributed by atoms with Gasteiger partial charge in [0.2, 0.25) is 0 Å². The summed E-state index contributed by atoms with van der Waals surface area (Å²) in [5.74, 6) is -0.267. The third kappa shape index (κ3) is 6.42. The molecule has 1 fully saturated rings. The Morgan fingerprint density at radius 2 is 2.16 bits per heavy atom. The number of hydrogen-bond acceptors (Lipinski definition) is 3. The largest absolute Gasteiger partial charge is 0.480 e. The van der Waals surface area contributed by atoms with Gasteiger partial charge in [0, 0.05) is 19.8 Å². The van der Waals surface area contributed by atoms with Crippen LogP contribution in [0.5, 0.6) is 0 Å². The molecule has 0 aliphatic carbocycles. The second-order valence-electron chi connectivity index (χ2n) is 5.44. The van der Waals surface area contributed by atoms with E-state index >= 15 is 0 Å². The molecule has 1 aliphatic heterocycles. The highest BCUT2D eigenvalue weighted by Crippen LogP contribution is 2.15. The number of carboxylic acid groups (broad SMARTS) is 1. The van der Waals surface area contributed by atoms with Crippen LogP contribution < -0.4 is 10.6 Å². The van der Waals surface area contributed by atoms with E-state index in [2.05, 4.69) is 10.6 Å². The van der Waals surface area contributed by atoms with E-state index in [1.54, 1.807) is 0 Å². The van der Waals surface area contributed by atoms with Gasteiger partial charge in [-0.1, -0.05) is 13.8 Å². The lowest BCUT2D eigenvalue weighted by Crippen LogP contribution is -2.46. The summed E-state index contributed by atoms with van der Waals surface area (Å²) in [6.07, 6.45) is 2.34. The molecule has 1 aliphatic rings. The van der Waals surface area contributed by atoms with Gasteiger partial charge in [-0.15, -0.1) is 0 Å². The van der Waals surface area contributed by atoms with Crippen LogP contribution in [0.1, 0.15) is 33.1 Å². The fraction of sp³-hybridized carbons (Fsp3) is 0.846. The zero-order chi connectivity index (χ0) is 14.3. The van der Waals surface area contributed by atoms with E-state index in [1.807, 2.05) is 13.8 Å². The first-order chi connectivity index (χ1) is 8.99. The van der Waals surface area contributed by atoms with Crippen molar-refractivity contribution in [3.8, 4) is 0 Å². The molecular formula is C13H24N2O4. The number of carboxylic acids is 1. The highest BCUT2D eigenvalue weighted by molar-refractivity contribution is 5.82. The minimum atomic E-state index is -0.993. The van der Waals surface area contributed by atoms with E-state index in [9.17, 15) is 9.59 Å². The van der Waals surface area contributed by atoms with Crippen molar-refractivity contribution in [1.29, 1.82) is 0 Å². The molecule has 2 atom stereocenters. The number of rotatable bonds is 7. The first kappa shape index (κ1) is 15.8. The summed E-state index contributed by atoms with van der Waals surface area (Å²) >= 11 is 0. The van der Waals surface area contributed by atoms with Gasteiger partial charge in [0.05, 0.1) is 0 Å². The number of urea groups is 1. The Labute approximate surface area is 113 Å². The maximum Gasteiger partial charge on any atom is 0.326 e. The van der Waals surface area contributed by atoms with Crippen molar-refractivity contribution >= 4 is 12.0 Å². The van der Waals surface area contributed by atoms with Crippen molar-refractivity contribution in [1.82, 2.24) is 10.6 Å². The molecular weight excluding hydrogens is 248 g/mol. The Kier molecular flexibility index (Phi) is 6.62. The Morgan fingerprint density at radius 1 is 1.42 bits per heavy atom. The van der Waals surface area contributed by atoms with Crippen molar-refractivity contribution in [2.45, 2.75) is 39.2 Å². The minimum Gasteiger partial charge on any atom is -0.480 e. The van der Waals surface area contributed by atoms with Crippen LogP contribution in [-0.2, 0) is 9.53 Å². The quantitative estimate of drug-likeness (QED) is 0.650. The number of aliphatic carboxylic acids is 1. The van der Waals surface area contributed by atoms with Crippen molar-refractivity contribution in [3.05, 3.63) is 0 Å². The van der Waals surface area contributed by atoms with Crippen LogP contribution in [-0.4, -0.2) is 42.9 Å². The number of carbonyl (C=O) groups is 2. The Hall–Kier alpha value is -1.30. The van der Waals surface area contributed by atoms with Crippen molar-refractivity contribution in [2.24, 2.45) is 11.8 Å². The van der Waals surface area contributed by atoms with E-state index in [0.29, 0.717) is 18.9 Å². The molecule has 1 rings (SSSR count). The van der Waals surface area contributed by atoms with Gasteiger partial charge in [0.1, 0.15) is 6.04 Å². The van der Waals surface area contributed by atoms with Crippen LogP contribution >= 0.6 is 0 Å². The summed E-state index contributed by atoms with van der Waals surface area (Å²) in [7, 11) is 0. The molecule has 0 bridgehead atoms. The normalized spacial score (nSPS) is 20.3. The summed E-state index contributed by atoms with van der Waals surface area (Å²) in [6.45, 7) is 5.96. The molecule has 0 aromatic heterocycles. The lowest BCUT2D eigenvalue weighted by atomic mass is 10.0. The van der Waals surface area contributed by atoms with Gasteiger partial charge in [-0.05, 0) is 31.1 Å². The van der Waals surface area contributed by atoms with Gasteiger partial charge in [0.15, 0.2) is 0 Å². The smallest absolute Gasteiger partial charge is 0.326 e. The zero-order valence-electron chi connectivity index (χ0n) is 11.6. The standard InChI is InChI=1S/C13H24N2O4/c1-9(2)7-11(12(16)17)15-13(18)14-5-3-10-4-6-19-8-10/h9-11H,3-8H2,1-2H3,(H,16,17)(H2,14,15,18)/t10?,11-/m1/s1. The minimum absolute atomic E-state index is 0.219. The molecule has 1 unspecified atom stereocenters. The molecule has 0 radical (unpaired) electrons. The van der Waals surface area contributed by atoms with E-state index in [0.717, 1.165) is 26.1 Å². The number of carbonyl (C=O) groups excluding carboxylic acids is 1. The summed E-state index contributed by atoms with van der Waals surface area (Å²) < 4.78 is 5.25. The summed E-state index contributed by atoms with van der Waals surface area (Å²) in [4.78, 5) is 22.6. The van der Waals surface area contributed by atoms with Crippen LogP contribution in [0.4, 0.5) is 4.79 Å². The van der Waals surface area contributed by atoms with Crippen molar-refractivity contribution in [2.75, 3.05) is 19.8 Å². The average Bonchev–Trinajstić information content (AvgIpc) is 2.80. The van der Waals surface area contributed by atoms with Crippen molar-refractivity contribution in [3.63, 3.8) is 0 Å². The van der Waals surface area contributed by atoms with Gasteiger partial charge in [-0.25, -0.2) is 9.59 Å². The molecule has 0 aromatic rings. The number of ether oxygens (including phenoxy) is 1.